The molecule has 1 aliphatic rings. The number of nitrogens with two attached hydrogens (primary N) is 1. The van der Waals surface area contributed by atoms with Crippen LogP contribution in [0.2, 0.25) is 0 Å². The zero-order chi connectivity index (χ0) is 9.47. The van der Waals surface area contributed by atoms with Crippen LogP contribution in [0.3, 0.4) is 0 Å². The van der Waals surface area contributed by atoms with Gasteiger partial charge in [-0.3, -0.25) is 0 Å². The molecule has 1 aromatic carbocycles. The second kappa shape index (κ2) is 2.67. The molecule has 4 heteroatoms. The average molecular weight is 185 g/mol. The lowest BCUT2D eigenvalue weighted by Crippen LogP contribution is -2.14. The molecule has 13 heavy (non-hydrogen) atoms. The monoisotopic (exact) mass is 185 g/mol. The number of fused-ring (bicyclic) bond motifs is 1. The molecule has 0 atom stereocenters. The predicted molar refractivity (Wildman–Crippen MR) is 43.7 cm³/mol. The summed E-state index contributed by atoms with van der Waals surface area (Å²) in [6.07, 6.45) is 0. The van der Waals surface area contributed by atoms with E-state index in [1.165, 1.54) is 6.07 Å². The molecule has 0 saturated heterocycles. The second-order valence-corrected chi connectivity index (χ2v) is 2.99. The van der Waals surface area contributed by atoms with Crippen molar-refractivity contribution in [3.05, 3.63) is 29.3 Å². The van der Waals surface area contributed by atoms with Gasteiger partial charge in [-0.15, -0.1) is 0 Å². The highest BCUT2D eigenvalue weighted by atomic mass is 19.3. The molecule has 0 unspecified atom stereocenters. The summed E-state index contributed by atoms with van der Waals surface area (Å²) < 4.78 is 31.1. The van der Waals surface area contributed by atoms with E-state index < -0.39 is 12.5 Å². The first-order valence-electron chi connectivity index (χ1n) is 3.98. The van der Waals surface area contributed by atoms with Crippen molar-refractivity contribution in [2.75, 3.05) is 6.61 Å². The number of benzene rings is 1. The van der Waals surface area contributed by atoms with Crippen LogP contribution in [0.1, 0.15) is 11.1 Å². The van der Waals surface area contributed by atoms with Crippen LogP contribution in [0, 0.1) is 0 Å². The number of alkyl halides is 2. The Balaban J connectivity index is 2.56. The van der Waals surface area contributed by atoms with Crippen LogP contribution in [0.25, 0.3) is 0 Å². The molecule has 2 N–H and O–H groups in total. The number of rotatable bonds is 1. The summed E-state index contributed by atoms with van der Waals surface area (Å²) in [5.41, 5.74) is 5.97. The summed E-state index contributed by atoms with van der Waals surface area (Å²) >= 11 is 0. The standard InChI is InChI=1S/C9H9F2NO/c10-9(11)5-13-8-6(4-12)2-1-3-7(8)9/h1-3H,4-5,12H2. The van der Waals surface area contributed by atoms with E-state index in [2.05, 4.69) is 0 Å². The number of para-hydroxylation sites is 1. The fourth-order valence-corrected chi connectivity index (χ4v) is 1.44. The molecular weight excluding hydrogens is 176 g/mol. The van der Waals surface area contributed by atoms with E-state index in [-0.39, 0.29) is 17.9 Å². The smallest absolute Gasteiger partial charge is 0.310 e. The molecule has 0 aliphatic carbocycles. The topological polar surface area (TPSA) is 35.2 Å². The summed E-state index contributed by atoms with van der Waals surface area (Å²) in [6, 6.07) is 4.64. The van der Waals surface area contributed by atoms with Crippen molar-refractivity contribution < 1.29 is 13.5 Å². The van der Waals surface area contributed by atoms with Gasteiger partial charge >= 0.3 is 5.92 Å². The number of ether oxygens (including phenoxy) is 1. The van der Waals surface area contributed by atoms with E-state index in [0.717, 1.165) is 0 Å². The Kier molecular flexibility index (Phi) is 1.73. The van der Waals surface area contributed by atoms with E-state index in [0.29, 0.717) is 5.56 Å². The highest BCUT2D eigenvalue weighted by Gasteiger charge is 2.42. The maximum Gasteiger partial charge on any atom is 0.310 e. The Morgan fingerprint density at radius 1 is 1.46 bits per heavy atom. The summed E-state index contributed by atoms with van der Waals surface area (Å²) in [6.45, 7) is -0.349. The molecule has 2 nitrogen and oxygen atoms in total. The molecule has 0 saturated carbocycles. The third kappa shape index (κ3) is 1.18. The van der Waals surface area contributed by atoms with Crippen LogP contribution in [-0.4, -0.2) is 6.61 Å². The maximum absolute atomic E-state index is 13.1. The van der Waals surface area contributed by atoms with E-state index in [1.807, 2.05) is 0 Å². The van der Waals surface area contributed by atoms with Gasteiger partial charge in [0.15, 0.2) is 6.61 Å². The number of hydrogen-bond acceptors (Lipinski definition) is 2. The predicted octanol–water partition coefficient (Wildman–Crippen LogP) is 1.63. The molecule has 1 heterocycles. The first-order chi connectivity index (χ1) is 6.15. The van der Waals surface area contributed by atoms with Crippen molar-refractivity contribution in [1.29, 1.82) is 0 Å². The summed E-state index contributed by atoms with van der Waals surface area (Å²) in [5.74, 6) is -2.60. The van der Waals surface area contributed by atoms with Crippen LogP contribution in [0.5, 0.6) is 5.75 Å². The molecule has 0 aromatic heterocycles. The molecule has 0 amide bonds. The Morgan fingerprint density at radius 2 is 2.23 bits per heavy atom. The molecular formula is C9H9F2NO. The fraction of sp³-hybridized carbons (Fsp3) is 0.333. The lowest BCUT2D eigenvalue weighted by molar-refractivity contribution is -0.0214. The van der Waals surface area contributed by atoms with Gasteiger partial charge in [-0.1, -0.05) is 12.1 Å². The average Bonchev–Trinajstić information content (AvgIpc) is 2.43. The van der Waals surface area contributed by atoms with E-state index in [4.69, 9.17) is 10.5 Å². The normalized spacial score (nSPS) is 18.1. The van der Waals surface area contributed by atoms with E-state index >= 15 is 0 Å². The van der Waals surface area contributed by atoms with Gasteiger partial charge < -0.3 is 10.5 Å². The molecule has 0 bridgehead atoms. The molecule has 1 aromatic rings. The van der Waals surface area contributed by atoms with Crippen LogP contribution in [0.15, 0.2) is 18.2 Å². The van der Waals surface area contributed by atoms with E-state index in [9.17, 15) is 8.78 Å². The molecule has 0 fully saturated rings. The van der Waals surface area contributed by atoms with Crippen molar-refractivity contribution in [2.24, 2.45) is 5.73 Å². The summed E-state index contributed by atoms with van der Waals surface area (Å²) in [4.78, 5) is 0. The molecule has 2 rings (SSSR count). The summed E-state index contributed by atoms with van der Waals surface area (Å²) in [5, 5.41) is 0. The zero-order valence-corrected chi connectivity index (χ0v) is 6.89. The fourth-order valence-electron chi connectivity index (χ4n) is 1.44. The van der Waals surface area contributed by atoms with Gasteiger partial charge in [0, 0.05) is 12.1 Å². The van der Waals surface area contributed by atoms with Crippen LogP contribution >= 0.6 is 0 Å². The first-order valence-corrected chi connectivity index (χ1v) is 3.98. The largest absolute Gasteiger partial charge is 0.486 e. The Labute approximate surface area is 74.3 Å². The van der Waals surface area contributed by atoms with Crippen LogP contribution < -0.4 is 10.5 Å². The lowest BCUT2D eigenvalue weighted by atomic mass is 10.1. The maximum atomic E-state index is 13.1. The van der Waals surface area contributed by atoms with Crippen molar-refractivity contribution in [3.8, 4) is 5.75 Å². The van der Waals surface area contributed by atoms with Gasteiger partial charge in [0.25, 0.3) is 0 Å². The molecule has 70 valence electrons. The highest BCUT2D eigenvalue weighted by molar-refractivity contribution is 5.46. The summed E-state index contributed by atoms with van der Waals surface area (Å²) in [7, 11) is 0. The van der Waals surface area contributed by atoms with Gasteiger partial charge in [-0.25, -0.2) is 0 Å². The highest BCUT2D eigenvalue weighted by Crippen LogP contribution is 2.42. The molecule has 0 spiro atoms. The third-order valence-electron chi connectivity index (χ3n) is 2.11. The Bertz CT molecular complexity index is 338. The molecule has 1 aliphatic heterocycles. The Hall–Kier alpha value is -1.16. The van der Waals surface area contributed by atoms with Gasteiger partial charge in [0.2, 0.25) is 0 Å². The van der Waals surface area contributed by atoms with Crippen LogP contribution in [0.4, 0.5) is 8.78 Å². The second-order valence-electron chi connectivity index (χ2n) is 2.99. The molecule has 0 radical (unpaired) electrons. The number of hydrogen-bond donors (Lipinski definition) is 1. The van der Waals surface area contributed by atoms with Gasteiger partial charge in [0.1, 0.15) is 5.75 Å². The number of halogens is 2. The lowest BCUT2D eigenvalue weighted by Gasteiger charge is -2.06. The zero-order valence-electron chi connectivity index (χ0n) is 6.89. The SMILES string of the molecule is NCc1cccc2c1OCC2(F)F. The van der Waals surface area contributed by atoms with Gasteiger partial charge in [-0.05, 0) is 6.07 Å². The minimum absolute atomic E-state index is 0.0459. The van der Waals surface area contributed by atoms with Crippen LogP contribution in [-0.2, 0) is 12.5 Å². The van der Waals surface area contributed by atoms with Gasteiger partial charge in [-0.2, -0.15) is 8.78 Å². The minimum Gasteiger partial charge on any atom is -0.486 e. The van der Waals surface area contributed by atoms with Crippen molar-refractivity contribution >= 4 is 0 Å². The van der Waals surface area contributed by atoms with Crippen molar-refractivity contribution in [3.63, 3.8) is 0 Å². The third-order valence-corrected chi connectivity index (χ3v) is 2.11. The van der Waals surface area contributed by atoms with Crippen molar-refractivity contribution in [2.45, 2.75) is 12.5 Å². The van der Waals surface area contributed by atoms with Gasteiger partial charge in [0.05, 0.1) is 5.56 Å². The van der Waals surface area contributed by atoms with E-state index in [1.54, 1.807) is 12.1 Å². The quantitative estimate of drug-likeness (QED) is 0.721. The first kappa shape index (κ1) is 8.44. The van der Waals surface area contributed by atoms with Crippen molar-refractivity contribution in [1.82, 2.24) is 0 Å². The Morgan fingerprint density at radius 3 is 2.92 bits per heavy atom. The minimum atomic E-state index is -2.86.